The van der Waals surface area contributed by atoms with Gasteiger partial charge in [0.1, 0.15) is 0 Å². The van der Waals surface area contributed by atoms with E-state index in [1.54, 1.807) is 11.3 Å². The molecule has 0 atom stereocenters. The Balaban J connectivity index is 2.29. The zero-order valence-electron chi connectivity index (χ0n) is 8.42. The SMILES string of the molecule is CC(C)(C)c1ncc(C2(N)CC2)s1. The van der Waals surface area contributed by atoms with Crippen LogP contribution in [0, 0.1) is 0 Å². The zero-order valence-corrected chi connectivity index (χ0v) is 9.24. The molecule has 1 heterocycles. The summed E-state index contributed by atoms with van der Waals surface area (Å²) in [7, 11) is 0. The van der Waals surface area contributed by atoms with E-state index in [0.29, 0.717) is 0 Å². The molecule has 1 saturated carbocycles. The Bertz CT molecular complexity index is 298. The minimum atomic E-state index is -0.0127. The molecule has 2 rings (SSSR count). The summed E-state index contributed by atoms with van der Waals surface area (Å²) in [6, 6.07) is 0. The number of aromatic nitrogens is 1. The van der Waals surface area contributed by atoms with E-state index in [-0.39, 0.29) is 11.0 Å². The lowest BCUT2D eigenvalue weighted by Gasteiger charge is -2.13. The maximum absolute atomic E-state index is 6.09. The molecule has 2 N–H and O–H groups in total. The van der Waals surface area contributed by atoms with Crippen LogP contribution in [-0.4, -0.2) is 4.98 Å². The highest BCUT2D eigenvalue weighted by atomic mass is 32.1. The van der Waals surface area contributed by atoms with Crippen LogP contribution >= 0.6 is 11.3 Å². The fraction of sp³-hybridized carbons (Fsp3) is 0.700. The lowest BCUT2D eigenvalue weighted by Crippen LogP contribution is -2.16. The lowest BCUT2D eigenvalue weighted by atomic mass is 9.98. The first kappa shape index (κ1) is 9.16. The molecule has 1 aliphatic carbocycles. The molecule has 1 aromatic rings. The normalized spacial score (nSPS) is 20.3. The molecule has 0 bridgehead atoms. The van der Waals surface area contributed by atoms with E-state index < -0.39 is 0 Å². The van der Waals surface area contributed by atoms with Gasteiger partial charge in [0.05, 0.1) is 10.5 Å². The second kappa shape index (κ2) is 2.55. The molecule has 13 heavy (non-hydrogen) atoms. The summed E-state index contributed by atoms with van der Waals surface area (Å²) < 4.78 is 0. The third-order valence-corrected chi connectivity index (χ3v) is 4.07. The van der Waals surface area contributed by atoms with Crippen molar-refractivity contribution >= 4 is 11.3 Å². The molecule has 0 amide bonds. The minimum Gasteiger partial charge on any atom is -0.321 e. The summed E-state index contributed by atoms with van der Waals surface area (Å²) in [5, 5.41) is 1.19. The molecule has 72 valence electrons. The Kier molecular flexibility index (Phi) is 1.79. The predicted molar refractivity (Wildman–Crippen MR) is 55.9 cm³/mol. The third-order valence-electron chi connectivity index (χ3n) is 2.43. The predicted octanol–water partition coefficient (Wildman–Crippen LogP) is 2.39. The number of nitrogens with two attached hydrogens (primary N) is 1. The molecule has 0 saturated heterocycles. The smallest absolute Gasteiger partial charge is 0.0981 e. The van der Waals surface area contributed by atoms with Gasteiger partial charge in [-0.1, -0.05) is 20.8 Å². The van der Waals surface area contributed by atoms with Gasteiger partial charge in [0.25, 0.3) is 0 Å². The average Bonchev–Trinajstić information content (AvgIpc) is 2.60. The third kappa shape index (κ3) is 1.63. The molecule has 2 nitrogen and oxygen atoms in total. The quantitative estimate of drug-likeness (QED) is 0.749. The molecular formula is C10H16N2S. The van der Waals surface area contributed by atoms with Gasteiger partial charge < -0.3 is 5.73 Å². The van der Waals surface area contributed by atoms with Gasteiger partial charge in [0.2, 0.25) is 0 Å². The number of thiazole rings is 1. The van der Waals surface area contributed by atoms with Crippen LogP contribution in [0.1, 0.15) is 43.5 Å². The second-order valence-corrected chi connectivity index (χ2v) is 5.97. The first-order valence-corrected chi connectivity index (χ1v) is 5.49. The molecule has 1 aliphatic rings. The van der Waals surface area contributed by atoms with E-state index in [1.807, 2.05) is 6.20 Å². The standard InChI is InChI=1S/C10H16N2S/c1-9(2,3)8-12-6-7(13-8)10(11)4-5-10/h6H,4-5,11H2,1-3H3. The van der Waals surface area contributed by atoms with Crippen molar-refractivity contribution in [2.24, 2.45) is 5.73 Å². The van der Waals surface area contributed by atoms with E-state index in [4.69, 9.17) is 5.73 Å². The minimum absolute atomic E-state index is 0.0127. The van der Waals surface area contributed by atoms with Crippen molar-refractivity contribution in [3.05, 3.63) is 16.1 Å². The average molecular weight is 196 g/mol. The Morgan fingerprint density at radius 2 is 2.08 bits per heavy atom. The van der Waals surface area contributed by atoms with Gasteiger partial charge in [-0.15, -0.1) is 11.3 Å². The van der Waals surface area contributed by atoms with Gasteiger partial charge in [-0.3, -0.25) is 0 Å². The molecule has 1 fully saturated rings. The van der Waals surface area contributed by atoms with Gasteiger partial charge >= 0.3 is 0 Å². The van der Waals surface area contributed by atoms with Crippen LogP contribution in [0.15, 0.2) is 6.20 Å². The summed E-state index contributed by atoms with van der Waals surface area (Å²) in [6.07, 6.45) is 4.20. The second-order valence-electron chi connectivity index (χ2n) is 4.94. The topological polar surface area (TPSA) is 38.9 Å². The molecular weight excluding hydrogens is 180 g/mol. The van der Waals surface area contributed by atoms with Crippen molar-refractivity contribution in [2.75, 3.05) is 0 Å². The molecule has 0 aliphatic heterocycles. The van der Waals surface area contributed by atoms with Crippen molar-refractivity contribution in [3.63, 3.8) is 0 Å². The van der Waals surface area contributed by atoms with Crippen LogP contribution in [0.3, 0.4) is 0 Å². The lowest BCUT2D eigenvalue weighted by molar-refractivity contribution is 0.585. The van der Waals surface area contributed by atoms with Gasteiger partial charge in [-0.2, -0.15) is 0 Å². The van der Waals surface area contributed by atoms with Gasteiger partial charge in [-0.05, 0) is 12.8 Å². The number of hydrogen-bond donors (Lipinski definition) is 1. The fourth-order valence-electron chi connectivity index (χ4n) is 1.23. The van der Waals surface area contributed by atoms with Crippen LogP contribution < -0.4 is 5.73 Å². The molecule has 1 aromatic heterocycles. The van der Waals surface area contributed by atoms with E-state index >= 15 is 0 Å². The summed E-state index contributed by atoms with van der Waals surface area (Å²) in [5.74, 6) is 0. The summed E-state index contributed by atoms with van der Waals surface area (Å²) in [6.45, 7) is 6.56. The summed E-state index contributed by atoms with van der Waals surface area (Å²) in [5.41, 5.74) is 6.24. The highest BCUT2D eigenvalue weighted by Crippen LogP contribution is 2.45. The number of rotatable bonds is 1. The largest absolute Gasteiger partial charge is 0.321 e. The zero-order chi connectivity index (χ0) is 9.69. The molecule has 0 unspecified atom stereocenters. The Morgan fingerprint density at radius 1 is 1.46 bits per heavy atom. The highest BCUT2D eigenvalue weighted by Gasteiger charge is 2.42. The first-order chi connectivity index (χ1) is 5.92. The van der Waals surface area contributed by atoms with Crippen LogP contribution in [0.5, 0.6) is 0 Å². The first-order valence-electron chi connectivity index (χ1n) is 4.67. The molecule has 0 radical (unpaired) electrons. The van der Waals surface area contributed by atoms with E-state index in [2.05, 4.69) is 25.8 Å². The highest BCUT2D eigenvalue weighted by molar-refractivity contribution is 7.12. The van der Waals surface area contributed by atoms with Crippen molar-refractivity contribution < 1.29 is 0 Å². The van der Waals surface area contributed by atoms with E-state index in [1.165, 1.54) is 9.88 Å². The Morgan fingerprint density at radius 3 is 2.46 bits per heavy atom. The van der Waals surface area contributed by atoms with Crippen LogP contribution in [-0.2, 0) is 11.0 Å². The number of hydrogen-bond acceptors (Lipinski definition) is 3. The van der Waals surface area contributed by atoms with Gasteiger partial charge in [0.15, 0.2) is 0 Å². The molecule has 3 heteroatoms. The maximum Gasteiger partial charge on any atom is 0.0981 e. The van der Waals surface area contributed by atoms with E-state index in [9.17, 15) is 0 Å². The van der Waals surface area contributed by atoms with Crippen LogP contribution in [0.2, 0.25) is 0 Å². The maximum atomic E-state index is 6.09. The molecule has 0 aromatic carbocycles. The van der Waals surface area contributed by atoms with Gasteiger partial charge in [0, 0.05) is 16.5 Å². The van der Waals surface area contributed by atoms with Crippen LogP contribution in [0.4, 0.5) is 0 Å². The summed E-state index contributed by atoms with van der Waals surface area (Å²) in [4.78, 5) is 5.69. The van der Waals surface area contributed by atoms with Crippen LogP contribution in [0.25, 0.3) is 0 Å². The molecule has 0 spiro atoms. The fourth-order valence-corrected chi connectivity index (χ4v) is 2.36. The van der Waals surface area contributed by atoms with Gasteiger partial charge in [-0.25, -0.2) is 4.98 Å². The monoisotopic (exact) mass is 196 g/mol. The summed E-state index contributed by atoms with van der Waals surface area (Å²) >= 11 is 1.77. The van der Waals surface area contributed by atoms with Crippen molar-refractivity contribution in [1.82, 2.24) is 4.98 Å². The number of nitrogens with zero attached hydrogens (tertiary/aromatic N) is 1. The Hall–Kier alpha value is -0.410. The van der Waals surface area contributed by atoms with Crippen molar-refractivity contribution in [3.8, 4) is 0 Å². The van der Waals surface area contributed by atoms with Crippen molar-refractivity contribution in [2.45, 2.75) is 44.6 Å². The van der Waals surface area contributed by atoms with Crippen molar-refractivity contribution in [1.29, 1.82) is 0 Å². The van der Waals surface area contributed by atoms with E-state index in [0.717, 1.165) is 12.8 Å². The Labute approximate surface area is 83.2 Å².